The average molecular weight is 345 g/mol. The Morgan fingerprint density at radius 2 is 1.92 bits per heavy atom. The van der Waals surface area contributed by atoms with Gasteiger partial charge in [-0.15, -0.1) is 0 Å². The van der Waals surface area contributed by atoms with E-state index in [1.165, 1.54) is 12.8 Å². The fourth-order valence-electron chi connectivity index (χ4n) is 3.60. The van der Waals surface area contributed by atoms with E-state index in [4.69, 9.17) is 9.15 Å². The molecular formula is C18H27N5O2. The monoisotopic (exact) mass is 345 g/mol. The Labute approximate surface area is 148 Å². The first kappa shape index (κ1) is 16.8. The van der Waals surface area contributed by atoms with Crippen LogP contribution in [0.1, 0.15) is 36.9 Å². The molecule has 0 N–H and O–H groups in total. The third kappa shape index (κ3) is 4.48. The van der Waals surface area contributed by atoms with Gasteiger partial charge < -0.3 is 9.15 Å². The van der Waals surface area contributed by atoms with Crippen LogP contribution in [0.15, 0.2) is 29.2 Å². The summed E-state index contributed by atoms with van der Waals surface area (Å²) in [5.41, 5.74) is 0. The summed E-state index contributed by atoms with van der Waals surface area (Å²) in [6.45, 7) is 8.02. The Morgan fingerprint density at radius 1 is 1.04 bits per heavy atom. The van der Waals surface area contributed by atoms with E-state index in [2.05, 4.69) is 32.0 Å². The van der Waals surface area contributed by atoms with Crippen molar-refractivity contribution in [1.82, 2.24) is 24.6 Å². The molecule has 0 spiro atoms. The lowest BCUT2D eigenvalue weighted by Crippen LogP contribution is -2.46. The Kier molecular flexibility index (Phi) is 5.44. The predicted molar refractivity (Wildman–Crippen MR) is 93.0 cm³/mol. The van der Waals surface area contributed by atoms with Crippen LogP contribution in [0.5, 0.6) is 0 Å². The summed E-state index contributed by atoms with van der Waals surface area (Å²) in [6, 6.07) is 4.21. The van der Waals surface area contributed by atoms with Gasteiger partial charge in [-0.25, -0.2) is 4.98 Å². The van der Waals surface area contributed by atoms with E-state index in [9.17, 15) is 0 Å². The van der Waals surface area contributed by atoms with Gasteiger partial charge in [0.15, 0.2) is 0 Å². The van der Waals surface area contributed by atoms with E-state index in [1.54, 1.807) is 12.7 Å². The molecule has 0 aliphatic carbocycles. The first-order valence-electron chi connectivity index (χ1n) is 9.34. The van der Waals surface area contributed by atoms with Crippen LogP contribution < -0.4 is 0 Å². The minimum Gasteiger partial charge on any atom is -0.462 e. The number of furan rings is 1. The topological polar surface area (TPSA) is 59.6 Å². The van der Waals surface area contributed by atoms with Gasteiger partial charge in [0, 0.05) is 39.3 Å². The number of hydrogen-bond acceptors (Lipinski definition) is 6. The molecule has 0 radical (unpaired) electrons. The SMILES string of the molecule is c1ncn(CCN2CCN(Cc3ccc(C4CCCCO4)o3)CC2)n1. The van der Waals surface area contributed by atoms with E-state index < -0.39 is 0 Å². The normalized spacial score (nSPS) is 23.1. The molecule has 0 bridgehead atoms. The van der Waals surface area contributed by atoms with Crippen LogP contribution in [0.2, 0.25) is 0 Å². The Bertz CT molecular complexity index is 628. The Balaban J connectivity index is 1.21. The van der Waals surface area contributed by atoms with E-state index in [0.29, 0.717) is 0 Å². The van der Waals surface area contributed by atoms with E-state index in [0.717, 1.165) is 70.4 Å². The largest absolute Gasteiger partial charge is 0.462 e. The highest BCUT2D eigenvalue weighted by molar-refractivity contribution is 5.10. The van der Waals surface area contributed by atoms with Crippen LogP contribution in [0, 0.1) is 0 Å². The molecule has 2 aliphatic rings. The molecule has 2 aliphatic heterocycles. The van der Waals surface area contributed by atoms with Crippen molar-refractivity contribution in [2.75, 3.05) is 39.3 Å². The minimum atomic E-state index is 0.163. The van der Waals surface area contributed by atoms with Crippen LogP contribution in [0.4, 0.5) is 0 Å². The quantitative estimate of drug-likeness (QED) is 0.797. The third-order valence-corrected chi connectivity index (χ3v) is 5.14. The summed E-state index contributed by atoms with van der Waals surface area (Å²) < 4.78 is 13.8. The molecule has 0 amide bonds. The number of piperazine rings is 1. The maximum absolute atomic E-state index is 6.05. The van der Waals surface area contributed by atoms with Gasteiger partial charge in [0.25, 0.3) is 0 Å². The molecule has 7 nitrogen and oxygen atoms in total. The molecule has 1 unspecified atom stereocenters. The van der Waals surface area contributed by atoms with Gasteiger partial charge in [0.2, 0.25) is 0 Å². The molecule has 4 heterocycles. The zero-order valence-electron chi connectivity index (χ0n) is 14.7. The molecule has 2 fully saturated rings. The highest BCUT2D eigenvalue weighted by Crippen LogP contribution is 2.29. The highest BCUT2D eigenvalue weighted by Gasteiger charge is 2.21. The molecule has 136 valence electrons. The van der Waals surface area contributed by atoms with Gasteiger partial charge in [0.1, 0.15) is 30.3 Å². The van der Waals surface area contributed by atoms with Crippen molar-refractivity contribution in [3.8, 4) is 0 Å². The summed E-state index contributed by atoms with van der Waals surface area (Å²) in [4.78, 5) is 8.94. The van der Waals surface area contributed by atoms with Gasteiger partial charge in [0.05, 0.1) is 13.1 Å². The number of nitrogens with zero attached hydrogens (tertiary/aromatic N) is 5. The van der Waals surface area contributed by atoms with Gasteiger partial charge in [-0.1, -0.05) is 0 Å². The molecule has 2 aromatic rings. The lowest BCUT2D eigenvalue weighted by Gasteiger charge is -2.34. The molecule has 2 saturated heterocycles. The van der Waals surface area contributed by atoms with Crippen molar-refractivity contribution in [2.24, 2.45) is 0 Å². The van der Waals surface area contributed by atoms with Gasteiger partial charge >= 0.3 is 0 Å². The van der Waals surface area contributed by atoms with Gasteiger partial charge in [-0.2, -0.15) is 5.10 Å². The van der Waals surface area contributed by atoms with Crippen LogP contribution in [-0.4, -0.2) is 63.9 Å². The number of ether oxygens (including phenoxy) is 1. The second kappa shape index (κ2) is 8.12. The molecule has 4 rings (SSSR count). The standard InChI is InChI=1S/C18H27N5O2/c1-2-12-24-17(3-1)18-5-4-16(25-18)13-22-8-6-21(7-9-22)10-11-23-15-19-14-20-23/h4-5,14-15,17H,1-3,6-13H2. The number of rotatable bonds is 6. The van der Waals surface area contributed by atoms with Crippen molar-refractivity contribution in [1.29, 1.82) is 0 Å². The summed E-state index contributed by atoms with van der Waals surface area (Å²) in [7, 11) is 0. The summed E-state index contributed by atoms with van der Waals surface area (Å²) in [5.74, 6) is 2.06. The van der Waals surface area contributed by atoms with Crippen LogP contribution in [0.25, 0.3) is 0 Å². The number of hydrogen-bond donors (Lipinski definition) is 0. The Hall–Kier alpha value is -1.70. The van der Waals surface area contributed by atoms with Crippen LogP contribution >= 0.6 is 0 Å². The molecule has 25 heavy (non-hydrogen) atoms. The lowest BCUT2D eigenvalue weighted by atomic mass is 10.1. The summed E-state index contributed by atoms with van der Waals surface area (Å²) in [5, 5.41) is 4.16. The maximum atomic E-state index is 6.05. The van der Waals surface area contributed by atoms with Gasteiger partial charge in [-0.05, 0) is 31.4 Å². The molecule has 2 aromatic heterocycles. The smallest absolute Gasteiger partial charge is 0.137 e. The average Bonchev–Trinajstić information content (AvgIpc) is 3.34. The highest BCUT2D eigenvalue weighted by atomic mass is 16.5. The summed E-state index contributed by atoms with van der Waals surface area (Å²) in [6.07, 6.45) is 7.02. The molecular weight excluding hydrogens is 318 g/mol. The second-order valence-electron chi connectivity index (χ2n) is 6.94. The number of aromatic nitrogens is 3. The van der Waals surface area contributed by atoms with Crippen molar-refractivity contribution < 1.29 is 9.15 Å². The van der Waals surface area contributed by atoms with Crippen molar-refractivity contribution in [3.05, 3.63) is 36.3 Å². The fourth-order valence-corrected chi connectivity index (χ4v) is 3.60. The van der Waals surface area contributed by atoms with E-state index >= 15 is 0 Å². The molecule has 0 aromatic carbocycles. The zero-order valence-corrected chi connectivity index (χ0v) is 14.7. The van der Waals surface area contributed by atoms with E-state index in [-0.39, 0.29) is 6.10 Å². The van der Waals surface area contributed by atoms with Crippen molar-refractivity contribution in [2.45, 2.75) is 38.5 Å². The van der Waals surface area contributed by atoms with E-state index in [1.807, 2.05) is 4.68 Å². The third-order valence-electron chi connectivity index (χ3n) is 5.14. The molecule has 0 saturated carbocycles. The maximum Gasteiger partial charge on any atom is 0.137 e. The molecule has 1 atom stereocenters. The van der Waals surface area contributed by atoms with Crippen molar-refractivity contribution in [3.63, 3.8) is 0 Å². The van der Waals surface area contributed by atoms with Crippen LogP contribution in [0.3, 0.4) is 0 Å². The van der Waals surface area contributed by atoms with Crippen molar-refractivity contribution >= 4 is 0 Å². The zero-order chi connectivity index (χ0) is 16.9. The summed E-state index contributed by atoms with van der Waals surface area (Å²) >= 11 is 0. The second-order valence-corrected chi connectivity index (χ2v) is 6.94. The van der Waals surface area contributed by atoms with Gasteiger partial charge in [-0.3, -0.25) is 14.5 Å². The first-order valence-corrected chi connectivity index (χ1v) is 9.34. The fraction of sp³-hybridized carbons (Fsp3) is 0.667. The minimum absolute atomic E-state index is 0.163. The Morgan fingerprint density at radius 3 is 2.68 bits per heavy atom. The van der Waals surface area contributed by atoms with Crippen LogP contribution in [-0.2, 0) is 17.8 Å². The molecule has 7 heteroatoms. The first-order chi connectivity index (χ1) is 12.4. The lowest BCUT2D eigenvalue weighted by molar-refractivity contribution is 0.000638. The predicted octanol–water partition coefficient (Wildman–Crippen LogP) is 1.93.